The fourth-order valence-electron chi connectivity index (χ4n) is 4.24. The van der Waals surface area contributed by atoms with Gasteiger partial charge in [0, 0.05) is 24.0 Å². The largest absolute Gasteiger partial charge is 0.497 e. The SMILES string of the molecule is CNC1=CC(NC)(NC)Nc2ccc(-c3cccc(OC)c3)c(COCc3ccccc3)c21. The van der Waals surface area contributed by atoms with Crippen molar-refractivity contribution < 1.29 is 9.47 Å². The molecule has 0 saturated carbocycles. The Morgan fingerprint density at radius 1 is 0.879 bits per heavy atom. The van der Waals surface area contributed by atoms with Crippen molar-refractivity contribution in [2.24, 2.45) is 0 Å². The van der Waals surface area contributed by atoms with Crippen LogP contribution in [0.2, 0.25) is 0 Å². The maximum atomic E-state index is 6.24. The molecule has 0 bridgehead atoms. The number of rotatable bonds is 9. The van der Waals surface area contributed by atoms with Gasteiger partial charge in [0.05, 0.1) is 20.3 Å². The van der Waals surface area contributed by atoms with E-state index in [1.165, 1.54) is 0 Å². The first-order chi connectivity index (χ1) is 16.1. The van der Waals surface area contributed by atoms with Gasteiger partial charge < -0.3 is 20.1 Å². The molecule has 1 aliphatic heterocycles. The van der Waals surface area contributed by atoms with E-state index in [0.29, 0.717) is 13.2 Å². The van der Waals surface area contributed by atoms with E-state index < -0.39 is 5.79 Å². The number of ether oxygens (including phenoxy) is 2. The minimum atomic E-state index is -0.551. The van der Waals surface area contributed by atoms with Crippen molar-refractivity contribution in [2.45, 2.75) is 19.0 Å². The average molecular weight is 445 g/mol. The Kier molecular flexibility index (Phi) is 6.99. The first-order valence-electron chi connectivity index (χ1n) is 11.1. The highest BCUT2D eigenvalue weighted by molar-refractivity contribution is 5.87. The molecule has 1 aliphatic rings. The van der Waals surface area contributed by atoms with Crippen LogP contribution in [-0.4, -0.2) is 34.0 Å². The third kappa shape index (κ3) is 4.73. The summed E-state index contributed by atoms with van der Waals surface area (Å²) in [5, 5.41) is 13.7. The molecule has 3 aromatic carbocycles. The molecule has 0 aromatic heterocycles. The van der Waals surface area contributed by atoms with Gasteiger partial charge in [0.2, 0.25) is 0 Å². The van der Waals surface area contributed by atoms with Crippen LogP contribution in [0.1, 0.15) is 16.7 Å². The highest BCUT2D eigenvalue weighted by Crippen LogP contribution is 2.39. The predicted molar refractivity (Wildman–Crippen MR) is 135 cm³/mol. The van der Waals surface area contributed by atoms with E-state index in [1.807, 2.05) is 51.5 Å². The van der Waals surface area contributed by atoms with Crippen molar-refractivity contribution in [1.29, 1.82) is 0 Å². The van der Waals surface area contributed by atoms with Crippen LogP contribution in [0, 0.1) is 0 Å². The molecule has 0 saturated heterocycles. The molecule has 33 heavy (non-hydrogen) atoms. The summed E-state index contributed by atoms with van der Waals surface area (Å²) in [6.45, 7) is 1.02. The minimum absolute atomic E-state index is 0.470. The Bertz CT molecular complexity index is 1120. The predicted octanol–water partition coefficient (Wildman–Crippen LogP) is 4.16. The molecule has 172 valence electrons. The van der Waals surface area contributed by atoms with Gasteiger partial charge >= 0.3 is 0 Å². The second-order valence-corrected chi connectivity index (χ2v) is 7.97. The van der Waals surface area contributed by atoms with E-state index in [2.05, 4.69) is 63.7 Å². The van der Waals surface area contributed by atoms with Crippen molar-refractivity contribution in [1.82, 2.24) is 16.0 Å². The van der Waals surface area contributed by atoms with Crippen molar-refractivity contribution in [2.75, 3.05) is 33.6 Å². The Hall–Kier alpha value is -3.32. The van der Waals surface area contributed by atoms with Gasteiger partial charge in [-0.15, -0.1) is 0 Å². The first-order valence-corrected chi connectivity index (χ1v) is 11.1. The third-order valence-electron chi connectivity index (χ3n) is 6.07. The van der Waals surface area contributed by atoms with Gasteiger partial charge in [-0.25, -0.2) is 0 Å². The van der Waals surface area contributed by atoms with Crippen LogP contribution in [0.3, 0.4) is 0 Å². The maximum absolute atomic E-state index is 6.24. The van der Waals surface area contributed by atoms with Gasteiger partial charge in [0.25, 0.3) is 0 Å². The molecule has 0 fully saturated rings. The highest BCUT2D eigenvalue weighted by Gasteiger charge is 2.32. The van der Waals surface area contributed by atoms with Crippen molar-refractivity contribution in [3.05, 3.63) is 89.5 Å². The summed E-state index contributed by atoms with van der Waals surface area (Å²) in [5.41, 5.74) is 7.62. The second-order valence-electron chi connectivity index (χ2n) is 7.97. The summed E-state index contributed by atoms with van der Waals surface area (Å²) in [7, 11) is 7.49. The lowest BCUT2D eigenvalue weighted by atomic mass is 9.90. The summed E-state index contributed by atoms with van der Waals surface area (Å²) in [6.07, 6.45) is 2.13. The van der Waals surface area contributed by atoms with Crippen LogP contribution < -0.4 is 26.0 Å². The Morgan fingerprint density at radius 2 is 1.67 bits per heavy atom. The molecule has 3 aromatic rings. The van der Waals surface area contributed by atoms with E-state index in [-0.39, 0.29) is 0 Å². The monoisotopic (exact) mass is 444 g/mol. The Balaban J connectivity index is 1.79. The first kappa shape index (κ1) is 22.9. The normalized spacial score (nSPS) is 14.1. The second kappa shape index (κ2) is 10.1. The quantitative estimate of drug-likeness (QED) is 0.372. The number of hydrogen-bond donors (Lipinski definition) is 4. The number of likely N-dealkylation sites (N-methyl/N-ethyl adjacent to an activating group) is 2. The number of methoxy groups -OCH3 is 1. The van der Waals surface area contributed by atoms with Crippen molar-refractivity contribution >= 4 is 11.4 Å². The smallest absolute Gasteiger partial charge is 0.165 e. The number of fused-ring (bicyclic) bond motifs is 1. The summed E-state index contributed by atoms with van der Waals surface area (Å²) in [5.74, 6) is 0.276. The van der Waals surface area contributed by atoms with Crippen LogP contribution in [0.4, 0.5) is 5.69 Å². The zero-order valence-electron chi connectivity index (χ0n) is 19.7. The van der Waals surface area contributed by atoms with Crippen molar-refractivity contribution in [3.63, 3.8) is 0 Å². The fourth-order valence-corrected chi connectivity index (χ4v) is 4.24. The van der Waals surface area contributed by atoms with Gasteiger partial charge in [-0.2, -0.15) is 0 Å². The van der Waals surface area contributed by atoms with Gasteiger partial charge in [-0.3, -0.25) is 10.6 Å². The number of nitrogens with one attached hydrogen (secondary N) is 4. The number of anilines is 1. The zero-order valence-corrected chi connectivity index (χ0v) is 19.7. The standard InChI is InChI=1S/C27H32N4O2/c1-28-25-16-27(29-2,30-3)31-24-14-13-22(20-11-8-12-21(15-20)32-4)23(26(24)25)18-33-17-19-9-6-5-7-10-19/h5-16,28-31H,17-18H2,1-4H3. The molecular formula is C27H32N4O2. The zero-order chi connectivity index (χ0) is 23.3. The molecule has 0 spiro atoms. The third-order valence-corrected chi connectivity index (χ3v) is 6.07. The minimum Gasteiger partial charge on any atom is -0.497 e. The lowest BCUT2D eigenvalue weighted by molar-refractivity contribution is 0.107. The molecule has 0 unspecified atom stereocenters. The molecule has 6 nitrogen and oxygen atoms in total. The molecule has 1 heterocycles. The van der Waals surface area contributed by atoms with Crippen LogP contribution in [0.15, 0.2) is 72.8 Å². The van der Waals surface area contributed by atoms with Crippen LogP contribution in [0.25, 0.3) is 16.8 Å². The summed E-state index contributed by atoms with van der Waals surface area (Å²) >= 11 is 0. The van der Waals surface area contributed by atoms with E-state index in [0.717, 1.165) is 45.0 Å². The molecular weight excluding hydrogens is 412 g/mol. The van der Waals surface area contributed by atoms with E-state index >= 15 is 0 Å². The van der Waals surface area contributed by atoms with Gasteiger partial charge in [-0.05, 0) is 60.6 Å². The topological polar surface area (TPSA) is 66.6 Å². The lowest BCUT2D eigenvalue weighted by Gasteiger charge is -2.38. The Labute approximate surface area is 196 Å². The van der Waals surface area contributed by atoms with Crippen molar-refractivity contribution in [3.8, 4) is 16.9 Å². The van der Waals surface area contributed by atoms with Crippen LogP contribution in [-0.2, 0) is 18.0 Å². The van der Waals surface area contributed by atoms with Gasteiger partial charge in [0.15, 0.2) is 5.79 Å². The lowest BCUT2D eigenvalue weighted by Crippen LogP contribution is -2.60. The fraction of sp³-hybridized carbons (Fsp3) is 0.259. The van der Waals surface area contributed by atoms with E-state index in [1.54, 1.807) is 7.11 Å². The number of benzene rings is 3. The van der Waals surface area contributed by atoms with Crippen LogP contribution in [0.5, 0.6) is 5.75 Å². The highest BCUT2D eigenvalue weighted by atomic mass is 16.5. The Morgan fingerprint density at radius 3 is 2.36 bits per heavy atom. The summed E-state index contributed by atoms with van der Waals surface area (Å²) < 4.78 is 11.7. The molecule has 0 amide bonds. The van der Waals surface area contributed by atoms with Crippen LogP contribution >= 0.6 is 0 Å². The summed E-state index contributed by atoms with van der Waals surface area (Å²) in [6, 6.07) is 22.7. The van der Waals surface area contributed by atoms with E-state index in [9.17, 15) is 0 Å². The molecule has 0 aliphatic carbocycles. The number of hydrogen-bond acceptors (Lipinski definition) is 6. The van der Waals surface area contributed by atoms with Gasteiger partial charge in [0.1, 0.15) is 5.75 Å². The average Bonchev–Trinajstić information content (AvgIpc) is 2.88. The molecule has 0 radical (unpaired) electrons. The molecule has 4 rings (SSSR count). The molecule has 0 atom stereocenters. The van der Waals surface area contributed by atoms with E-state index in [4.69, 9.17) is 9.47 Å². The molecule has 4 N–H and O–H groups in total. The maximum Gasteiger partial charge on any atom is 0.165 e. The summed E-state index contributed by atoms with van der Waals surface area (Å²) in [4.78, 5) is 0. The van der Waals surface area contributed by atoms with Gasteiger partial charge in [-0.1, -0.05) is 48.5 Å². The molecule has 6 heteroatoms.